The highest BCUT2D eigenvalue weighted by atomic mass is 28.4. The predicted molar refractivity (Wildman–Crippen MR) is 74.1 cm³/mol. The fraction of sp³-hybridized carbons (Fsp3) is 1.00. The molecule has 0 atom stereocenters. The molecule has 0 aromatic carbocycles. The zero-order valence-electron chi connectivity index (χ0n) is 12.3. The van der Waals surface area contributed by atoms with Crippen LogP contribution in [-0.4, -0.2) is 39.6 Å². The fourth-order valence-corrected chi connectivity index (χ4v) is 7.70. The van der Waals surface area contributed by atoms with E-state index in [9.17, 15) is 0 Å². The van der Waals surface area contributed by atoms with Crippen molar-refractivity contribution in [2.75, 3.05) is 14.2 Å². The van der Waals surface area contributed by atoms with Crippen LogP contribution in [0.5, 0.6) is 0 Å². The van der Waals surface area contributed by atoms with Gasteiger partial charge in [-0.3, -0.25) is 4.57 Å². The fourth-order valence-electron chi connectivity index (χ4n) is 3.44. The van der Waals surface area contributed by atoms with E-state index in [1.54, 1.807) is 0 Å². The molecule has 1 aliphatic rings. The number of rotatable bonds is 6. The van der Waals surface area contributed by atoms with E-state index in [0.29, 0.717) is 17.6 Å². The molecule has 0 aromatic rings. The van der Waals surface area contributed by atoms with E-state index in [0.717, 1.165) is 0 Å². The summed E-state index contributed by atoms with van der Waals surface area (Å²) in [5.41, 5.74) is 0.627. The van der Waals surface area contributed by atoms with E-state index in [4.69, 9.17) is 8.85 Å². The second kappa shape index (κ2) is 6.32. The summed E-state index contributed by atoms with van der Waals surface area (Å²) in [7, 11) is 1.45. The molecule has 0 heterocycles. The van der Waals surface area contributed by atoms with Crippen molar-refractivity contribution >= 4 is 8.72 Å². The SMILES string of the molecule is CO[Si](OC)(C1CCCC1)N(C(C)C)C(C)C. The normalized spacial score (nSPS) is 18.9. The van der Waals surface area contributed by atoms with Gasteiger partial charge in [0.1, 0.15) is 0 Å². The summed E-state index contributed by atoms with van der Waals surface area (Å²) < 4.78 is 14.5. The summed E-state index contributed by atoms with van der Waals surface area (Å²) in [4.78, 5) is 0. The second-order valence-corrected chi connectivity index (χ2v) is 9.03. The molecule has 0 radical (unpaired) electrons. The smallest absolute Gasteiger partial charge is 0.386 e. The van der Waals surface area contributed by atoms with Gasteiger partial charge in [-0.05, 0) is 12.8 Å². The molecular weight excluding hydrogens is 230 g/mol. The summed E-state index contributed by atoms with van der Waals surface area (Å²) in [6, 6.07) is 0.948. The van der Waals surface area contributed by atoms with E-state index < -0.39 is 8.72 Å². The van der Waals surface area contributed by atoms with Gasteiger partial charge < -0.3 is 8.85 Å². The van der Waals surface area contributed by atoms with Gasteiger partial charge in [0.15, 0.2) is 0 Å². The molecule has 0 amide bonds. The molecule has 1 fully saturated rings. The highest BCUT2D eigenvalue weighted by Gasteiger charge is 2.53. The quantitative estimate of drug-likeness (QED) is 0.683. The lowest BCUT2D eigenvalue weighted by molar-refractivity contribution is 0.114. The molecule has 0 bridgehead atoms. The third kappa shape index (κ3) is 2.92. The molecule has 1 aliphatic carbocycles. The van der Waals surface area contributed by atoms with Crippen LogP contribution < -0.4 is 0 Å². The summed E-state index contributed by atoms with van der Waals surface area (Å²) in [6.45, 7) is 8.98. The minimum Gasteiger partial charge on any atom is -0.386 e. The van der Waals surface area contributed by atoms with Gasteiger partial charge in [-0.2, -0.15) is 0 Å². The summed E-state index contributed by atoms with van der Waals surface area (Å²) in [5, 5.41) is 0. The van der Waals surface area contributed by atoms with Crippen molar-refractivity contribution in [1.29, 1.82) is 0 Å². The second-order valence-electron chi connectivity index (χ2n) is 5.62. The summed E-state index contributed by atoms with van der Waals surface area (Å²) >= 11 is 0. The molecule has 1 saturated carbocycles. The number of hydrogen-bond acceptors (Lipinski definition) is 3. The van der Waals surface area contributed by atoms with Crippen LogP contribution in [0.4, 0.5) is 0 Å². The van der Waals surface area contributed by atoms with Gasteiger partial charge in [-0.1, -0.05) is 40.5 Å². The highest BCUT2D eigenvalue weighted by molar-refractivity contribution is 6.66. The van der Waals surface area contributed by atoms with Crippen LogP contribution in [0.2, 0.25) is 5.54 Å². The van der Waals surface area contributed by atoms with Gasteiger partial charge in [0.05, 0.1) is 0 Å². The van der Waals surface area contributed by atoms with Crippen LogP contribution >= 0.6 is 0 Å². The number of nitrogens with zero attached hydrogens (tertiary/aromatic N) is 1. The van der Waals surface area contributed by atoms with Crippen LogP contribution in [-0.2, 0) is 8.85 Å². The molecule has 0 unspecified atom stereocenters. The number of hydrogen-bond donors (Lipinski definition) is 0. The maximum absolute atomic E-state index is 6.00. The van der Waals surface area contributed by atoms with E-state index in [-0.39, 0.29) is 0 Å². The monoisotopic (exact) mass is 259 g/mol. The largest absolute Gasteiger partial charge is 0.430 e. The van der Waals surface area contributed by atoms with E-state index in [1.807, 2.05) is 14.2 Å². The maximum atomic E-state index is 6.00. The third-order valence-corrected chi connectivity index (χ3v) is 8.46. The van der Waals surface area contributed by atoms with Crippen molar-refractivity contribution in [2.24, 2.45) is 0 Å². The van der Waals surface area contributed by atoms with Gasteiger partial charge >= 0.3 is 8.72 Å². The molecule has 17 heavy (non-hydrogen) atoms. The molecule has 0 spiro atoms. The molecule has 102 valence electrons. The van der Waals surface area contributed by atoms with E-state index in [1.165, 1.54) is 25.7 Å². The lowest BCUT2D eigenvalue weighted by Gasteiger charge is -2.46. The molecule has 0 N–H and O–H groups in total. The molecular formula is C13H29NO2Si. The predicted octanol–water partition coefficient (Wildman–Crippen LogP) is 3.28. The van der Waals surface area contributed by atoms with Crippen LogP contribution in [0, 0.1) is 0 Å². The standard InChI is InChI=1S/C13H29NO2Si/c1-11(2)14(12(3)4)17(15-5,16-6)13-9-7-8-10-13/h11-13H,7-10H2,1-6H3. The maximum Gasteiger partial charge on any atom is 0.430 e. The molecule has 0 saturated heterocycles. The van der Waals surface area contributed by atoms with E-state index >= 15 is 0 Å². The van der Waals surface area contributed by atoms with E-state index in [2.05, 4.69) is 32.3 Å². The van der Waals surface area contributed by atoms with Crippen molar-refractivity contribution in [3.8, 4) is 0 Å². The Morgan fingerprint density at radius 3 is 1.65 bits per heavy atom. The van der Waals surface area contributed by atoms with Gasteiger partial charge in [0.25, 0.3) is 0 Å². The van der Waals surface area contributed by atoms with Crippen LogP contribution in [0.25, 0.3) is 0 Å². The van der Waals surface area contributed by atoms with Gasteiger partial charge in [-0.25, -0.2) is 0 Å². The molecule has 1 rings (SSSR count). The Morgan fingerprint density at radius 2 is 1.35 bits per heavy atom. The average Bonchev–Trinajstić information content (AvgIpc) is 2.78. The summed E-state index contributed by atoms with van der Waals surface area (Å²) in [5.74, 6) is 0. The average molecular weight is 259 g/mol. The Bertz CT molecular complexity index is 215. The molecule has 0 aromatic heterocycles. The van der Waals surface area contributed by atoms with Gasteiger partial charge in [0.2, 0.25) is 0 Å². The minimum atomic E-state index is -2.23. The van der Waals surface area contributed by atoms with Crippen LogP contribution in [0.3, 0.4) is 0 Å². The Hall–Kier alpha value is 0.0969. The zero-order chi connectivity index (χ0) is 13.1. The Morgan fingerprint density at radius 1 is 0.941 bits per heavy atom. The lowest BCUT2D eigenvalue weighted by Crippen LogP contribution is -2.64. The first-order valence-corrected chi connectivity index (χ1v) is 8.72. The first-order chi connectivity index (χ1) is 7.99. The Kier molecular flexibility index (Phi) is 5.63. The van der Waals surface area contributed by atoms with Crippen molar-refractivity contribution in [3.63, 3.8) is 0 Å². The highest BCUT2D eigenvalue weighted by Crippen LogP contribution is 2.42. The molecule has 3 nitrogen and oxygen atoms in total. The first-order valence-electron chi connectivity index (χ1n) is 6.88. The van der Waals surface area contributed by atoms with Crippen molar-refractivity contribution < 1.29 is 8.85 Å². The van der Waals surface area contributed by atoms with Crippen molar-refractivity contribution in [1.82, 2.24) is 4.57 Å². The third-order valence-electron chi connectivity index (χ3n) is 3.93. The molecule has 0 aliphatic heterocycles. The van der Waals surface area contributed by atoms with Crippen LogP contribution in [0.1, 0.15) is 53.4 Å². The Labute approximate surface area is 108 Å². The molecule has 4 heteroatoms. The van der Waals surface area contributed by atoms with Gasteiger partial charge in [0, 0.05) is 31.8 Å². The van der Waals surface area contributed by atoms with Crippen molar-refractivity contribution in [3.05, 3.63) is 0 Å². The Balaban J connectivity index is 3.01. The van der Waals surface area contributed by atoms with Crippen LogP contribution in [0.15, 0.2) is 0 Å². The minimum absolute atomic E-state index is 0.474. The zero-order valence-corrected chi connectivity index (χ0v) is 13.3. The van der Waals surface area contributed by atoms with Crippen molar-refractivity contribution in [2.45, 2.75) is 71.0 Å². The first kappa shape index (κ1) is 15.2. The van der Waals surface area contributed by atoms with Gasteiger partial charge in [-0.15, -0.1) is 0 Å². The lowest BCUT2D eigenvalue weighted by atomic mass is 10.3. The summed E-state index contributed by atoms with van der Waals surface area (Å²) in [6.07, 6.45) is 5.19. The topological polar surface area (TPSA) is 21.7 Å².